The Kier molecular flexibility index (Phi) is 2.40. The summed E-state index contributed by atoms with van der Waals surface area (Å²) >= 11 is 9.10. The molecule has 1 rings (SSSR count). The molecule has 0 unspecified atom stereocenters. The summed E-state index contributed by atoms with van der Waals surface area (Å²) in [6, 6.07) is 0. The monoisotopic (exact) mass is 234 g/mol. The highest BCUT2D eigenvalue weighted by molar-refractivity contribution is 9.10. The molecule has 60 valence electrons. The van der Waals surface area contributed by atoms with Gasteiger partial charge in [-0.15, -0.1) is 0 Å². The number of aryl methyl sites for hydroxylation is 1. The van der Waals surface area contributed by atoms with Crippen molar-refractivity contribution in [3.8, 4) is 0 Å². The number of hydrogen-bond acceptors (Lipinski definition) is 2. The molecule has 0 aliphatic carbocycles. The van der Waals surface area contributed by atoms with Gasteiger partial charge in [-0.05, 0) is 35.3 Å². The van der Waals surface area contributed by atoms with Crippen LogP contribution in [-0.2, 0) is 0 Å². The summed E-state index contributed by atoms with van der Waals surface area (Å²) in [7, 11) is 0. The van der Waals surface area contributed by atoms with E-state index in [0.717, 1.165) is 15.7 Å². The first-order valence-corrected chi connectivity index (χ1v) is 4.28. The standard InChI is InChI=1S/C7H8BrClN2/c1-3-5(8)4(2)11-7(9)6(3)10/h10H2,1-2H3. The van der Waals surface area contributed by atoms with Crippen molar-refractivity contribution in [2.24, 2.45) is 0 Å². The Labute approximate surface area is 78.9 Å². The van der Waals surface area contributed by atoms with E-state index in [9.17, 15) is 0 Å². The van der Waals surface area contributed by atoms with E-state index >= 15 is 0 Å². The van der Waals surface area contributed by atoms with Crippen molar-refractivity contribution in [3.05, 3.63) is 20.9 Å². The van der Waals surface area contributed by atoms with E-state index in [-0.39, 0.29) is 0 Å². The average Bonchev–Trinajstić information content (AvgIpc) is 1.97. The van der Waals surface area contributed by atoms with Crippen LogP contribution in [0.3, 0.4) is 0 Å². The molecule has 0 atom stereocenters. The van der Waals surface area contributed by atoms with Gasteiger partial charge in [-0.3, -0.25) is 0 Å². The summed E-state index contributed by atoms with van der Waals surface area (Å²) in [4.78, 5) is 4.03. The number of nitrogens with zero attached hydrogens (tertiary/aromatic N) is 1. The van der Waals surface area contributed by atoms with Crippen LogP contribution in [-0.4, -0.2) is 4.98 Å². The van der Waals surface area contributed by atoms with Crippen LogP contribution >= 0.6 is 27.5 Å². The minimum atomic E-state index is 0.378. The third kappa shape index (κ3) is 1.49. The number of hydrogen-bond donors (Lipinski definition) is 1. The van der Waals surface area contributed by atoms with Gasteiger partial charge in [0.15, 0.2) is 5.15 Å². The maximum absolute atomic E-state index is 5.73. The Bertz CT molecular complexity index is 273. The van der Waals surface area contributed by atoms with Gasteiger partial charge >= 0.3 is 0 Å². The van der Waals surface area contributed by atoms with Gasteiger partial charge in [0.05, 0.1) is 11.4 Å². The van der Waals surface area contributed by atoms with Crippen LogP contribution in [0.1, 0.15) is 11.3 Å². The Hall–Kier alpha value is -0.280. The topological polar surface area (TPSA) is 38.9 Å². The van der Waals surface area contributed by atoms with Crippen LogP contribution < -0.4 is 5.73 Å². The lowest BCUT2D eigenvalue weighted by molar-refractivity contribution is 1.16. The maximum atomic E-state index is 5.73. The van der Waals surface area contributed by atoms with Crippen LogP contribution in [0.5, 0.6) is 0 Å². The number of nitrogens with two attached hydrogens (primary N) is 1. The van der Waals surface area contributed by atoms with Gasteiger partial charge < -0.3 is 5.73 Å². The summed E-state index contributed by atoms with van der Waals surface area (Å²) < 4.78 is 0.930. The molecule has 1 aromatic rings. The Morgan fingerprint density at radius 2 is 2.00 bits per heavy atom. The van der Waals surface area contributed by atoms with Crippen LogP contribution in [0.15, 0.2) is 4.47 Å². The normalized spacial score (nSPS) is 10.2. The van der Waals surface area contributed by atoms with E-state index in [4.69, 9.17) is 17.3 Å². The summed E-state index contributed by atoms with van der Waals surface area (Å²) in [6.45, 7) is 3.78. The molecule has 0 aliphatic heterocycles. The fourth-order valence-electron chi connectivity index (χ4n) is 0.801. The van der Waals surface area contributed by atoms with E-state index in [1.165, 1.54) is 0 Å². The van der Waals surface area contributed by atoms with Gasteiger partial charge in [0.1, 0.15) is 0 Å². The average molecular weight is 236 g/mol. The van der Waals surface area contributed by atoms with Crippen LogP contribution in [0, 0.1) is 13.8 Å². The second-order valence-electron chi connectivity index (χ2n) is 2.34. The molecule has 0 bridgehead atoms. The van der Waals surface area contributed by atoms with E-state index in [0.29, 0.717) is 10.8 Å². The minimum Gasteiger partial charge on any atom is -0.396 e. The molecule has 0 radical (unpaired) electrons. The zero-order valence-electron chi connectivity index (χ0n) is 6.28. The SMILES string of the molecule is Cc1nc(Cl)c(N)c(C)c1Br. The number of pyridine rings is 1. The third-order valence-electron chi connectivity index (χ3n) is 1.54. The van der Waals surface area contributed by atoms with E-state index in [1.807, 2.05) is 13.8 Å². The lowest BCUT2D eigenvalue weighted by Gasteiger charge is -2.06. The Morgan fingerprint density at radius 3 is 2.55 bits per heavy atom. The van der Waals surface area contributed by atoms with Gasteiger partial charge in [-0.25, -0.2) is 4.98 Å². The first-order chi connectivity index (χ1) is 5.04. The molecular weight excluding hydrogens is 227 g/mol. The summed E-state index contributed by atoms with van der Waals surface area (Å²) in [5.41, 5.74) is 7.98. The lowest BCUT2D eigenvalue weighted by atomic mass is 10.2. The molecule has 0 amide bonds. The van der Waals surface area contributed by atoms with Crippen molar-refractivity contribution in [2.45, 2.75) is 13.8 Å². The molecule has 1 heterocycles. The molecule has 4 heteroatoms. The summed E-state index contributed by atoms with van der Waals surface area (Å²) in [6.07, 6.45) is 0. The van der Waals surface area contributed by atoms with Crippen molar-refractivity contribution >= 4 is 33.2 Å². The predicted octanol–water partition coefficient (Wildman–Crippen LogP) is 2.70. The Morgan fingerprint density at radius 1 is 1.45 bits per heavy atom. The highest BCUT2D eigenvalue weighted by Gasteiger charge is 2.07. The van der Waals surface area contributed by atoms with Gasteiger partial charge in [-0.2, -0.15) is 0 Å². The van der Waals surface area contributed by atoms with Gasteiger partial charge in [-0.1, -0.05) is 11.6 Å². The molecule has 11 heavy (non-hydrogen) atoms. The summed E-state index contributed by atoms with van der Waals surface area (Å²) in [5.74, 6) is 0. The fraction of sp³-hybridized carbons (Fsp3) is 0.286. The largest absolute Gasteiger partial charge is 0.396 e. The molecule has 0 fully saturated rings. The molecule has 0 saturated heterocycles. The zero-order chi connectivity index (χ0) is 8.59. The molecule has 1 aromatic heterocycles. The number of halogens is 2. The highest BCUT2D eigenvalue weighted by atomic mass is 79.9. The molecule has 0 aliphatic rings. The van der Waals surface area contributed by atoms with Crippen molar-refractivity contribution in [1.82, 2.24) is 4.98 Å². The number of rotatable bonds is 0. The predicted molar refractivity (Wildman–Crippen MR) is 50.8 cm³/mol. The number of nitrogen functional groups attached to an aromatic ring is 1. The maximum Gasteiger partial charge on any atom is 0.152 e. The smallest absolute Gasteiger partial charge is 0.152 e. The number of aromatic nitrogens is 1. The first kappa shape index (κ1) is 8.81. The van der Waals surface area contributed by atoms with E-state index in [2.05, 4.69) is 20.9 Å². The molecule has 0 saturated carbocycles. The second kappa shape index (κ2) is 2.99. The zero-order valence-corrected chi connectivity index (χ0v) is 8.62. The van der Waals surface area contributed by atoms with Crippen LogP contribution in [0.4, 0.5) is 5.69 Å². The quantitative estimate of drug-likeness (QED) is 0.702. The molecule has 0 spiro atoms. The lowest BCUT2D eigenvalue weighted by Crippen LogP contribution is -1.97. The fourth-order valence-corrected chi connectivity index (χ4v) is 1.37. The van der Waals surface area contributed by atoms with Crippen molar-refractivity contribution in [3.63, 3.8) is 0 Å². The van der Waals surface area contributed by atoms with Crippen molar-refractivity contribution in [1.29, 1.82) is 0 Å². The van der Waals surface area contributed by atoms with Crippen LogP contribution in [0.25, 0.3) is 0 Å². The van der Waals surface area contributed by atoms with Crippen molar-refractivity contribution in [2.75, 3.05) is 5.73 Å². The first-order valence-electron chi connectivity index (χ1n) is 3.11. The van der Waals surface area contributed by atoms with Crippen molar-refractivity contribution < 1.29 is 0 Å². The Balaban J connectivity index is 3.46. The molecule has 0 aromatic carbocycles. The molecular formula is C7H8BrClN2. The van der Waals surface area contributed by atoms with Gasteiger partial charge in [0.25, 0.3) is 0 Å². The van der Waals surface area contributed by atoms with E-state index in [1.54, 1.807) is 0 Å². The minimum absolute atomic E-state index is 0.378. The van der Waals surface area contributed by atoms with Gasteiger partial charge in [0.2, 0.25) is 0 Å². The molecule has 2 N–H and O–H groups in total. The van der Waals surface area contributed by atoms with Crippen LogP contribution in [0.2, 0.25) is 5.15 Å². The summed E-state index contributed by atoms with van der Waals surface area (Å²) in [5, 5.41) is 0.378. The second-order valence-corrected chi connectivity index (χ2v) is 3.49. The molecule has 2 nitrogen and oxygen atoms in total. The number of anilines is 1. The highest BCUT2D eigenvalue weighted by Crippen LogP contribution is 2.28. The third-order valence-corrected chi connectivity index (χ3v) is 3.00. The van der Waals surface area contributed by atoms with E-state index < -0.39 is 0 Å². The van der Waals surface area contributed by atoms with Gasteiger partial charge in [0, 0.05) is 4.47 Å².